The average Bonchev–Trinajstić information content (AvgIpc) is 2.75. The molecule has 1 aromatic heterocycles. The van der Waals surface area contributed by atoms with Crippen LogP contribution in [0.2, 0.25) is 0 Å². The van der Waals surface area contributed by atoms with Crippen molar-refractivity contribution < 1.29 is 9.59 Å². The van der Waals surface area contributed by atoms with Crippen LogP contribution in [0.1, 0.15) is 38.1 Å². The number of rotatable bonds is 4. The maximum Gasteiger partial charge on any atom is 0.256 e. The van der Waals surface area contributed by atoms with E-state index in [1.165, 1.54) is 11.3 Å². The van der Waals surface area contributed by atoms with Crippen molar-refractivity contribution in [3.05, 3.63) is 50.3 Å². The van der Waals surface area contributed by atoms with Crippen molar-refractivity contribution in [3.63, 3.8) is 0 Å². The molecule has 2 rings (SSSR count). The fraction of sp³-hybridized carbons (Fsp3) is 0.200. The lowest BCUT2D eigenvalue weighted by molar-refractivity contribution is 0.100. The molecule has 3 N–H and O–H groups in total. The Hall–Kier alpha value is -1.66. The van der Waals surface area contributed by atoms with Gasteiger partial charge in [0.25, 0.3) is 11.8 Å². The largest absolute Gasteiger partial charge is 0.365 e. The van der Waals surface area contributed by atoms with Crippen molar-refractivity contribution in [3.8, 4) is 0 Å². The van der Waals surface area contributed by atoms with E-state index in [9.17, 15) is 9.59 Å². The second-order valence-corrected chi connectivity index (χ2v) is 6.66. The van der Waals surface area contributed by atoms with E-state index in [0.717, 1.165) is 14.9 Å². The van der Waals surface area contributed by atoms with E-state index in [0.29, 0.717) is 22.5 Å². The number of benzene rings is 1. The number of carbonyl (C=O) groups is 2. The minimum atomic E-state index is -0.512. The highest BCUT2D eigenvalue weighted by Gasteiger charge is 2.20. The zero-order valence-electron chi connectivity index (χ0n) is 11.7. The first-order chi connectivity index (χ1) is 9.93. The van der Waals surface area contributed by atoms with Crippen LogP contribution in [0.25, 0.3) is 0 Å². The molecule has 4 nitrogen and oxygen atoms in total. The van der Waals surface area contributed by atoms with Gasteiger partial charge in [-0.2, -0.15) is 0 Å². The lowest BCUT2D eigenvalue weighted by Crippen LogP contribution is -2.17. The minimum absolute atomic E-state index is 0.256. The molecule has 110 valence electrons. The van der Waals surface area contributed by atoms with Crippen LogP contribution < -0.4 is 11.1 Å². The van der Waals surface area contributed by atoms with Crippen LogP contribution in [-0.2, 0) is 6.42 Å². The normalized spacial score (nSPS) is 10.4. The fourth-order valence-corrected chi connectivity index (χ4v) is 3.54. The number of primary amides is 1. The zero-order valence-corrected chi connectivity index (χ0v) is 14.1. The second kappa shape index (κ2) is 6.41. The quantitative estimate of drug-likeness (QED) is 0.864. The number of nitrogens with one attached hydrogen (secondary N) is 1. The van der Waals surface area contributed by atoms with E-state index in [1.54, 1.807) is 24.3 Å². The first-order valence-electron chi connectivity index (χ1n) is 6.43. The van der Waals surface area contributed by atoms with Gasteiger partial charge in [-0.1, -0.05) is 22.9 Å². The van der Waals surface area contributed by atoms with E-state index in [4.69, 9.17) is 5.73 Å². The molecule has 0 atom stereocenters. The Morgan fingerprint density at radius 1 is 1.29 bits per heavy atom. The van der Waals surface area contributed by atoms with Gasteiger partial charge in [0, 0.05) is 14.9 Å². The highest BCUT2D eigenvalue weighted by Crippen LogP contribution is 2.33. The summed E-state index contributed by atoms with van der Waals surface area (Å²) in [4.78, 5) is 24.9. The summed E-state index contributed by atoms with van der Waals surface area (Å²) in [5.41, 5.74) is 7.30. The van der Waals surface area contributed by atoms with E-state index in [2.05, 4.69) is 21.2 Å². The van der Waals surface area contributed by atoms with Gasteiger partial charge in [-0.15, -0.1) is 11.3 Å². The summed E-state index contributed by atoms with van der Waals surface area (Å²) >= 11 is 4.70. The Bertz CT molecular complexity index is 692. The number of amides is 2. The van der Waals surface area contributed by atoms with Crippen LogP contribution in [0.15, 0.2) is 28.7 Å². The van der Waals surface area contributed by atoms with Crippen molar-refractivity contribution in [2.24, 2.45) is 5.73 Å². The average molecular weight is 367 g/mol. The monoisotopic (exact) mass is 366 g/mol. The predicted octanol–water partition coefficient (Wildman–Crippen LogP) is 3.73. The number of thiophene rings is 1. The Balaban J connectivity index is 2.33. The standard InChI is InChI=1S/C15H15BrN2O2S/c1-3-11-8(2)21-15(12(11)13(17)19)18-14(20)9-4-6-10(16)7-5-9/h4-7H,3H2,1-2H3,(H2,17,19)(H,18,20). The summed E-state index contributed by atoms with van der Waals surface area (Å²) in [6, 6.07) is 7.01. The topological polar surface area (TPSA) is 72.2 Å². The summed E-state index contributed by atoms with van der Waals surface area (Å²) < 4.78 is 0.900. The van der Waals surface area contributed by atoms with Crippen molar-refractivity contribution in [1.82, 2.24) is 0 Å². The lowest BCUT2D eigenvalue weighted by atomic mass is 10.1. The van der Waals surface area contributed by atoms with Crippen LogP contribution in [0.3, 0.4) is 0 Å². The number of aryl methyl sites for hydroxylation is 1. The van der Waals surface area contributed by atoms with Crippen molar-refractivity contribution in [2.45, 2.75) is 20.3 Å². The molecule has 0 radical (unpaired) electrons. The van der Waals surface area contributed by atoms with Crippen molar-refractivity contribution in [2.75, 3.05) is 5.32 Å². The fourth-order valence-electron chi connectivity index (χ4n) is 2.13. The van der Waals surface area contributed by atoms with Crippen LogP contribution in [0, 0.1) is 6.92 Å². The third-order valence-electron chi connectivity index (χ3n) is 3.14. The molecule has 6 heteroatoms. The van der Waals surface area contributed by atoms with E-state index < -0.39 is 5.91 Å². The first kappa shape index (κ1) is 15.7. The molecule has 1 heterocycles. The minimum Gasteiger partial charge on any atom is -0.365 e. The van der Waals surface area contributed by atoms with Gasteiger partial charge in [-0.05, 0) is 43.2 Å². The van der Waals surface area contributed by atoms with Crippen molar-refractivity contribution in [1.29, 1.82) is 0 Å². The molecule has 0 bridgehead atoms. The first-order valence-corrected chi connectivity index (χ1v) is 8.04. The third kappa shape index (κ3) is 3.33. The van der Waals surface area contributed by atoms with E-state index >= 15 is 0 Å². The number of nitrogens with two attached hydrogens (primary N) is 1. The maximum atomic E-state index is 12.2. The Morgan fingerprint density at radius 3 is 2.43 bits per heavy atom. The van der Waals surface area contributed by atoms with Crippen LogP contribution >= 0.6 is 27.3 Å². The van der Waals surface area contributed by atoms with Crippen molar-refractivity contribution >= 4 is 44.1 Å². The third-order valence-corrected chi connectivity index (χ3v) is 4.73. The molecule has 0 aliphatic heterocycles. The molecule has 1 aromatic carbocycles. The molecule has 21 heavy (non-hydrogen) atoms. The van der Waals surface area contributed by atoms with Gasteiger partial charge in [-0.3, -0.25) is 9.59 Å². The molecule has 0 fully saturated rings. The molecular weight excluding hydrogens is 352 g/mol. The number of carbonyl (C=O) groups excluding carboxylic acids is 2. The SMILES string of the molecule is CCc1c(C)sc(NC(=O)c2ccc(Br)cc2)c1C(N)=O. The van der Waals surface area contributed by atoms with Gasteiger partial charge in [-0.25, -0.2) is 0 Å². The van der Waals surface area contributed by atoms with Crippen LogP contribution in [-0.4, -0.2) is 11.8 Å². The number of hydrogen-bond donors (Lipinski definition) is 2. The number of halogens is 1. The maximum absolute atomic E-state index is 12.2. The number of hydrogen-bond acceptors (Lipinski definition) is 3. The Morgan fingerprint density at radius 2 is 1.90 bits per heavy atom. The highest BCUT2D eigenvalue weighted by atomic mass is 79.9. The molecule has 0 saturated heterocycles. The van der Waals surface area contributed by atoms with E-state index in [-0.39, 0.29) is 5.91 Å². The lowest BCUT2D eigenvalue weighted by Gasteiger charge is -2.06. The molecule has 2 aromatic rings. The molecule has 0 unspecified atom stereocenters. The highest BCUT2D eigenvalue weighted by molar-refractivity contribution is 9.10. The summed E-state index contributed by atoms with van der Waals surface area (Å²) in [5.74, 6) is -0.767. The second-order valence-electron chi connectivity index (χ2n) is 4.52. The number of anilines is 1. The molecule has 2 amide bonds. The summed E-state index contributed by atoms with van der Waals surface area (Å²) in [7, 11) is 0. The molecule has 0 spiro atoms. The van der Waals surface area contributed by atoms with Crippen LogP contribution in [0.5, 0.6) is 0 Å². The van der Waals surface area contributed by atoms with Gasteiger partial charge >= 0.3 is 0 Å². The predicted molar refractivity (Wildman–Crippen MR) is 89.0 cm³/mol. The van der Waals surface area contributed by atoms with Crippen LogP contribution in [0.4, 0.5) is 5.00 Å². The summed E-state index contributed by atoms with van der Waals surface area (Å²) in [6.07, 6.45) is 0.703. The van der Waals surface area contributed by atoms with Gasteiger partial charge in [0.2, 0.25) is 0 Å². The van der Waals surface area contributed by atoms with E-state index in [1.807, 2.05) is 13.8 Å². The summed E-state index contributed by atoms with van der Waals surface area (Å²) in [5, 5.41) is 3.30. The van der Waals surface area contributed by atoms with Gasteiger partial charge in [0.05, 0.1) is 5.56 Å². The Kier molecular flexibility index (Phi) is 4.80. The zero-order chi connectivity index (χ0) is 15.6. The molecule has 0 aliphatic carbocycles. The molecule has 0 aliphatic rings. The van der Waals surface area contributed by atoms with Gasteiger partial charge in [0.15, 0.2) is 0 Å². The smallest absolute Gasteiger partial charge is 0.256 e. The summed E-state index contributed by atoms with van der Waals surface area (Å²) in [6.45, 7) is 3.88. The molecular formula is C15H15BrN2O2S. The Labute approximate surface area is 135 Å². The van der Waals surface area contributed by atoms with Gasteiger partial charge in [0.1, 0.15) is 5.00 Å². The molecule has 0 saturated carbocycles. The van der Waals surface area contributed by atoms with Gasteiger partial charge < -0.3 is 11.1 Å².